The molecule has 3 aliphatic rings. The van der Waals surface area contributed by atoms with Gasteiger partial charge in [-0.2, -0.15) is 5.10 Å². The molecule has 176 valence electrons. The molecule has 1 aromatic carbocycles. The van der Waals surface area contributed by atoms with Crippen LogP contribution in [0, 0.1) is 6.92 Å². The molecule has 9 heteroatoms. The number of aryl methyl sites for hydroxylation is 1. The molecule has 1 aromatic heterocycles. The fourth-order valence-electron chi connectivity index (χ4n) is 4.98. The number of carbonyl (C=O) groups excluding carboxylic acids is 1. The highest BCUT2D eigenvalue weighted by Crippen LogP contribution is 2.33. The van der Waals surface area contributed by atoms with E-state index in [2.05, 4.69) is 21.9 Å². The van der Waals surface area contributed by atoms with Crippen molar-refractivity contribution in [2.75, 3.05) is 44.2 Å². The molecule has 33 heavy (non-hydrogen) atoms. The summed E-state index contributed by atoms with van der Waals surface area (Å²) in [6.07, 6.45) is 2.97. The van der Waals surface area contributed by atoms with E-state index in [0.717, 1.165) is 49.6 Å². The molecule has 5 rings (SSSR count). The molecule has 2 atom stereocenters. The van der Waals surface area contributed by atoms with Gasteiger partial charge in [-0.15, -0.1) is 0 Å². The standard InChI is InChI=1S/C24H30N4O4S/c1-18-4-6-19(7-5-18)21-15-22(23-3-2-13-32-23)28(25-21)24(29)16-26-9-11-27(12-10-26)20-8-14-33(30,31)17-20/h2-7,13,20,22H,8-12,14-17H2,1H3/t20-,22-/m0/s1. The molecule has 0 N–H and O–H groups in total. The molecular formula is C24H30N4O4S. The van der Waals surface area contributed by atoms with Crippen molar-refractivity contribution in [2.45, 2.75) is 31.8 Å². The molecular weight excluding hydrogens is 440 g/mol. The molecule has 2 aromatic rings. The largest absolute Gasteiger partial charge is 0.467 e. The van der Waals surface area contributed by atoms with Gasteiger partial charge in [0.25, 0.3) is 5.91 Å². The van der Waals surface area contributed by atoms with E-state index in [1.807, 2.05) is 31.2 Å². The predicted molar refractivity (Wildman–Crippen MR) is 126 cm³/mol. The molecule has 0 spiro atoms. The van der Waals surface area contributed by atoms with Gasteiger partial charge in [0.2, 0.25) is 0 Å². The van der Waals surface area contributed by atoms with Crippen LogP contribution in [0.2, 0.25) is 0 Å². The summed E-state index contributed by atoms with van der Waals surface area (Å²) in [5, 5.41) is 6.31. The molecule has 0 bridgehead atoms. The summed E-state index contributed by atoms with van der Waals surface area (Å²) in [5.74, 6) is 1.25. The van der Waals surface area contributed by atoms with Gasteiger partial charge in [0.05, 0.1) is 30.0 Å². The summed E-state index contributed by atoms with van der Waals surface area (Å²) in [6.45, 7) is 5.40. The number of carbonyl (C=O) groups is 1. The van der Waals surface area contributed by atoms with Crippen LogP contribution in [0.5, 0.6) is 0 Å². The normalized spacial score (nSPS) is 26.0. The monoisotopic (exact) mass is 470 g/mol. The Kier molecular flexibility index (Phi) is 6.11. The van der Waals surface area contributed by atoms with Crippen molar-refractivity contribution in [2.24, 2.45) is 5.10 Å². The van der Waals surface area contributed by atoms with Crippen LogP contribution >= 0.6 is 0 Å². The lowest BCUT2D eigenvalue weighted by Gasteiger charge is -2.37. The van der Waals surface area contributed by atoms with Gasteiger partial charge in [0, 0.05) is 38.6 Å². The smallest absolute Gasteiger partial charge is 0.257 e. The number of nitrogens with zero attached hydrogens (tertiary/aromatic N) is 4. The van der Waals surface area contributed by atoms with Crippen LogP contribution in [-0.4, -0.2) is 85.1 Å². The number of hydrazone groups is 1. The third-order valence-corrected chi connectivity index (χ3v) is 8.66. The van der Waals surface area contributed by atoms with Crippen molar-refractivity contribution >= 4 is 21.5 Å². The minimum atomic E-state index is -2.89. The lowest BCUT2D eigenvalue weighted by atomic mass is 10.0. The van der Waals surface area contributed by atoms with Gasteiger partial charge in [-0.25, -0.2) is 13.4 Å². The maximum atomic E-state index is 13.3. The second-order valence-corrected chi connectivity index (χ2v) is 11.5. The number of amides is 1. The van der Waals surface area contributed by atoms with Crippen molar-refractivity contribution in [3.8, 4) is 0 Å². The Labute approximate surface area is 194 Å². The second kappa shape index (κ2) is 9.04. The third kappa shape index (κ3) is 4.90. The van der Waals surface area contributed by atoms with Crippen LogP contribution in [0.15, 0.2) is 52.2 Å². The molecule has 0 radical (unpaired) electrons. The second-order valence-electron chi connectivity index (χ2n) is 9.26. The lowest BCUT2D eigenvalue weighted by Crippen LogP contribution is -2.52. The topological polar surface area (TPSA) is 86.4 Å². The van der Waals surface area contributed by atoms with Crippen molar-refractivity contribution in [3.05, 3.63) is 59.5 Å². The third-order valence-electron chi connectivity index (χ3n) is 6.91. The Morgan fingerprint density at radius 2 is 1.88 bits per heavy atom. The number of sulfone groups is 1. The van der Waals surface area contributed by atoms with E-state index in [9.17, 15) is 13.2 Å². The summed E-state index contributed by atoms with van der Waals surface area (Å²) in [7, 11) is -2.89. The van der Waals surface area contributed by atoms with Gasteiger partial charge in [-0.3, -0.25) is 14.6 Å². The number of hydrogen-bond acceptors (Lipinski definition) is 7. The molecule has 4 heterocycles. The Morgan fingerprint density at radius 1 is 1.12 bits per heavy atom. The van der Waals surface area contributed by atoms with Crippen LogP contribution in [-0.2, 0) is 14.6 Å². The first-order valence-corrected chi connectivity index (χ1v) is 13.4. The van der Waals surface area contributed by atoms with Crippen LogP contribution < -0.4 is 0 Å². The number of benzene rings is 1. The fourth-order valence-corrected chi connectivity index (χ4v) is 6.74. The Hall–Kier alpha value is -2.49. The van der Waals surface area contributed by atoms with Crippen molar-refractivity contribution < 1.29 is 17.6 Å². The van der Waals surface area contributed by atoms with Gasteiger partial charge < -0.3 is 4.42 Å². The molecule has 0 unspecified atom stereocenters. The first kappa shape index (κ1) is 22.3. The molecule has 3 aliphatic heterocycles. The van der Waals surface area contributed by atoms with Gasteiger partial charge in [0.1, 0.15) is 11.8 Å². The lowest BCUT2D eigenvalue weighted by molar-refractivity contribution is -0.135. The summed E-state index contributed by atoms with van der Waals surface area (Å²) < 4.78 is 29.3. The van der Waals surface area contributed by atoms with E-state index < -0.39 is 9.84 Å². The maximum Gasteiger partial charge on any atom is 0.257 e. The van der Waals surface area contributed by atoms with Gasteiger partial charge >= 0.3 is 0 Å². The van der Waals surface area contributed by atoms with E-state index in [4.69, 9.17) is 9.52 Å². The highest BCUT2D eigenvalue weighted by Gasteiger charge is 2.37. The predicted octanol–water partition coefficient (Wildman–Crippen LogP) is 2.07. The first-order valence-electron chi connectivity index (χ1n) is 11.5. The van der Waals surface area contributed by atoms with E-state index in [0.29, 0.717) is 18.7 Å². The average molecular weight is 471 g/mol. The molecule has 1 amide bonds. The molecule has 8 nitrogen and oxygen atoms in total. The van der Waals surface area contributed by atoms with E-state index in [-0.39, 0.29) is 23.7 Å². The van der Waals surface area contributed by atoms with Gasteiger partial charge in [-0.05, 0) is 31.0 Å². The Balaban J connectivity index is 1.25. The van der Waals surface area contributed by atoms with Gasteiger partial charge in [-0.1, -0.05) is 29.8 Å². The minimum absolute atomic E-state index is 0.0459. The Bertz CT molecular complexity index is 1120. The molecule has 0 aliphatic carbocycles. The maximum absolute atomic E-state index is 13.3. The summed E-state index contributed by atoms with van der Waals surface area (Å²) in [6, 6.07) is 11.8. The van der Waals surface area contributed by atoms with Crippen molar-refractivity contribution in [1.82, 2.24) is 14.8 Å². The zero-order chi connectivity index (χ0) is 23.0. The van der Waals surface area contributed by atoms with E-state index in [1.54, 1.807) is 11.3 Å². The summed E-state index contributed by atoms with van der Waals surface area (Å²) >= 11 is 0. The average Bonchev–Trinajstić information content (AvgIpc) is 3.54. The van der Waals surface area contributed by atoms with Crippen LogP contribution in [0.3, 0.4) is 0 Å². The highest BCUT2D eigenvalue weighted by atomic mass is 32.2. The Morgan fingerprint density at radius 3 is 2.52 bits per heavy atom. The number of furan rings is 1. The number of piperazine rings is 1. The van der Waals surface area contributed by atoms with Crippen molar-refractivity contribution in [1.29, 1.82) is 0 Å². The first-order chi connectivity index (χ1) is 15.9. The molecule has 2 saturated heterocycles. The zero-order valence-electron chi connectivity index (χ0n) is 18.9. The van der Waals surface area contributed by atoms with E-state index in [1.165, 1.54) is 5.56 Å². The fraction of sp³-hybridized carbons (Fsp3) is 0.500. The summed E-state index contributed by atoms with van der Waals surface area (Å²) in [4.78, 5) is 17.7. The molecule has 0 saturated carbocycles. The van der Waals surface area contributed by atoms with Crippen LogP contribution in [0.25, 0.3) is 0 Å². The van der Waals surface area contributed by atoms with Crippen LogP contribution in [0.4, 0.5) is 0 Å². The number of rotatable bonds is 5. The quantitative estimate of drug-likeness (QED) is 0.665. The zero-order valence-corrected chi connectivity index (χ0v) is 19.7. The molecule has 2 fully saturated rings. The van der Waals surface area contributed by atoms with Crippen molar-refractivity contribution in [3.63, 3.8) is 0 Å². The van der Waals surface area contributed by atoms with E-state index >= 15 is 0 Å². The minimum Gasteiger partial charge on any atom is -0.467 e. The van der Waals surface area contributed by atoms with Gasteiger partial charge in [0.15, 0.2) is 9.84 Å². The SMILES string of the molecule is Cc1ccc(C2=NN(C(=O)CN3CCN([C@H]4CCS(=O)(=O)C4)CC3)[C@H](c3ccco3)C2)cc1. The number of hydrogen-bond donors (Lipinski definition) is 0. The van der Waals surface area contributed by atoms with Crippen LogP contribution in [0.1, 0.15) is 35.8 Å². The highest BCUT2D eigenvalue weighted by molar-refractivity contribution is 7.91. The summed E-state index contributed by atoms with van der Waals surface area (Å²) in [5.41, 5.74) is 3.09.